The molecule has 0 saturated heterocycles. The topological polar surface area (TPSA) is 46.2 Å². The van der Waals surface area contributed by atoms with E-state index in [1.165, 1.54) is 0 Å². The van der Waals surface area contributed by atoms with E-state index >= 15 is 0 Å². The molecule has 0 radical (unpaired) electrons. The van der Waals surface area contributed by atoms with E-state index in [4.69, 9.17) is 14.1 Å². The van der Waals surface area contributed by atoms with Gasteiger partial charge in [-0.2, -0.15) is 0 Å². The summed E-state index contributed by atoms with van der Waals surface area (Å²) in [4.78, 5) is 0. The molecule has 0 N–H and O–H groups in total. The molecule has 0 aromatic heterocycles. The van der Waals surface area contributed by atoms with Crippen LogP contribution in [0.25, 0.3) is 0 Å². The Labute approximate surface area is 109 Å². The molecule has 0 unspecified atom stereocenters. The SMILES string of the molecule is CC[O][Zr]([O]CC)([O]CC)([O]CC)[O]C(C)C. The van der Waals surface area contributed by atoms with Gasteiger partial charge in [0.2, 0.25) is 0 Å². The van der Waals surface area contributed by atoms with E-state index in [0.29, 0.717) is 26.4 Å². The molecule has 105 valence electrons. The molecular formula is C11H27O5Zr. The Morgan fingerprint density at radius 3 is 1.18 bits per heavy atom. The molecule has 0 aliphatic carbocycles. The Morgan fingerprint density at radius 1 is 0.706 bits per heavy atom. The summed E-state index contributed by atoms with van der Waals surface area (Å²) in [7, 11) is 0. The van der Waals surface area contributed by atoms with Crippen molar-refractivity contribution in [3.8, 4) is 0 Å². The van der Waals surface area contributed by atoms with Crippen LogP contribution in [0.1, 0.15) is 41.5 Å². The zero-order chi connectivity index (χ0) is 13.4. The molecule has 0 spiro atoms. The molecule has 0 amide bonds. The van der Waals surface area contributed by atoms with E-state index in [9.17, 15) is 0 Å². The van der Waals surface area contributed by atoms with Crippen LogP contribution in [0.4, 0.5) is 0 Å². The first-order valence-electron chi connectivity index (χ1n) is 6.39. The first-order valence-corrected chi connectivity index (χ1v) is 11.4. The standard InChI is InChI=1S/C3H7O.4C2H5O.Zr/c1-3(2)4;4*1-2-3;/h3H,1-2H3;4*2H2,1H3;/q5*-1;+5. The van der Waals surface area contributed by atoms with Gasteiger partial charge in [-0.05, 0) is 0 Å². The zero-order valence-corrected chi connectivity index (χ0v) is 14.4. The molecule has 0 aromatic rings. The normalized spacial score (nSPS) is 14.9. The van der Waals surface area contributed by atoms with Gasteiger partial charge in [0.1, 0.15) is 0 Å². The molecule has 0 saturated carbocycles. The van der Waals surface area contributed by atoms with Crippen LogP contribution in [0, 0.1) is 0 Å². The van der Waals surface area contributed by atoms with Gasteiger partial charge in [-0.25, -0.2) is 0 Å². The fourth-order valence-electron chi connectivity index (χ4n) is 1.71. The molecular weight excluding hydrogens is 303 g/mol. The minimum atomic E-state index is -4.90. The Hall–Kier alpha value is 0.683. The van der Waals surface area contributed by atoms with Gasteiger partial charge >= 0.3 is 109 Å². The third kappa shape index (κ3) is 5.05. The van der Waals surface area contributed by atoms with E-state index < -0.39 is 21.0 Å². The summed E-state index contributed by atoms with van der Waals surface area (Å²) in [5, 5.41) is 0. The second-order valence-electron chi connectivity index (χ2n) is 3.73. The van der Waals surface area contributed by atoms with Crippen molar-refractivity contribution in [2.24, 2.45) is 0 Å². The van der Waals surface area contributed by atoms with E-state index in [1.807, 2.05) is 41.5 Å². The summed E-state index contributed by atoms with van der Waals surface area (Å²) < 4.78 is 29.0. The Bertz CT molecular complexity index is 175. The molecule has 17 heavy (non-hydrogen) atoms. The molecule has 0 atom stereocenters. The van der Waals surface area contributed by atoms with E-state index in [0.717, 1.165) is 0 Å². The van der Waals surface area contributed by atoms with E-state index in [2.05, 4.69) is 0 Å². The van der Waals surface area contributed by atoms with Crippen molar-refractivity contribution in [1.82, 2.24) is 0 Å². The summed E-state index contributed by atoms with van der Waals surface area (Å²) in [6, 6.07) is 0. The monoisotopic (exact) mass is 329 g/mol. The molecule has 0 fully saturated rings. The Morgan fingerprint density at radius 2 is 1.00 bits per heavy atom. The van der Waals surface area contributed by atoms with Crippen molar-refractivity contribution in [2.45, 2.75) is 47.6 Å². The van der Waals surface area contributed by atoms with Crippen molar-refractivity contribution in [3.63, 3.8) is 0 Å². The number of hydrogen-bond donors (Lipinski definition) is 0. The molecule has 0 bridgehead atoms. The van der Waals surface area contributed by atoms with Crippen molar-refractivity contribution in [1.29, 1.82) is 0 Å². The van der Waals surface area contributed by atoms with Gasteiger partial charge in [0.25, 0.3) is 0 Å². The average molecular weight is 331 g/mol. The second-order valence-corrected chi connectivity index (χ2v) is 11.2. The van der Waals surface area contributed by atoms with Crippen molar-refractivity contribution >= 4 is 0 Å². The molecule has 6 heteroatoms. The van der Waals surface area contributed by atoms with E-state index in [-0.39, 0.29) is 6.10 Å². The molecule has 5 nitrogen and oxygen atoms in total. The predicted molar refractivity (Wildman–Crippen MR) is 62.7 cm³/mol. The van der Waals surface area contributed by atoms with Gasteiger partial charge in [-0.3, -0.25) is 0 Å². The van der Waals surface area contributed by atoms with Gasteiger partial charge in [0.15, 0.2) is 0 Å². The van der Waals surface area contributed by atoms with Gasteiger partial charge in [-0.1, -0.05) is 0 Å². The van der Waals surface area contributed by atoms with Crippen molar-refractivity contribution < 1.29 is 35.0 Å². The summed E-state index contributed by atoms with van der Waals surface area (Å²) in [5.41, 5.74) is 0. The number of hydrogen-bond acceptors (Lipinski definition) is 5. The third-order valence-corrected chi connectivity index (χ3v) is 11.5. The van der Waals surface area contributed by atoms with Gasteiger partial charge in [0.05, 0.1) is 0 Å². The molecule has 0 rings (SSSR count). The van der Waals surface area contributed by atoms with Crippen molar-refractivity contribution in [2.75, 3.05) is 26.4 Å². The minimum absolute atomic E-state index is 0.0724. The second kappa shape index (κ2) is 7.98. The first-order chi connectivity index (χ1) is 7.97. The summed E-state index contributed by atoms with van der Waals surface area (Å²) in [5.74, 6) is 0. The Balaban J connectivity index is 5.26. The maximum atomic E-state index is 5.91. The zero-order valence-electron chi connectivity index (χ0n) is 11.9. The quantitative estimate of drug-likeness (QED) is 0.616. The summed E-state index contributed by atoms with van der Waals surface area (Å²) in [6.07, 6.45) is -0.0724. The van der Waals surface area contributed by atoms with Crippen LogP contribution in [0.2, 0.25) is 0 Å². The molecule has 0 aromatic carbocycles. The van der Waals surface area contributed by atoms with E-state index in [1.54, 1.807) is 0 Å². The fourth-order valence-corrected chi connectivity index (χ4v) is 10.1. The molecule has 0 heterocycles. The third-order valence-electron chi connectivity index (χ3n) is 1.95. The van der Waals surface area contributed by atoms with Gasteiger partial charge in [-0.15, -0.1) is 0 Å². The van der Waals surface area contributed by atoms with Crippen LogP contribution in [-0.4, -0.2) is 32.5 Å². The van der Waals surface area contributed by atoms with Crippen LogP contribution in [-0.2, 0) is 35.0 Å². The van der Waals surface area contributed by atoms with Crippen LogP contribution in [0.15, 0.2) is 0 Å². The molecule has 0 aliphatic heterocycles. The summed E-state index contributed by atoms with van der Waals surface area (Å²) >= 11 is -4.90. The van der Waals surface area contributed by atoms with Crippen LogP contribution in [0.3, 0.4) is 0 Å². The van der Waals surface area contributed by atoms with Gasteiger partial charge in [0, 0.05) is 0 Å². The summed E-state index contributed by atoms with van der Waals surface area (Å²) in [6.45, 7) is 13.1. The van der Waals surface area contributed by atoms with Crippen molar-refractivity contribution in [3.05, 3.63) is 0 Å². The number of rotatable bonds is 10. The Kier molecular flexibility index (Phi) is 8.30. The van der Waals surface area contributed by atoms with Gasteiger partial charge < -0.3 is 0 Å². The first kappa shape index (κ1) is 17.7. The predicted octanol–water partition coefficient (Wildman–Crippen LogP) is 2.82. The molecule has 0 aliphatic rings. The van der Waals surface area contributed by atoms with Crippen LogP contribution in [0.5, 0.6) is 0 Å². The van der Waals surface area contributed by atoms with Crippen LogP contribution >= 0.6 is 0 Å². The maximum absolute atomic E-state index is 5.91. The van der Waals surface area contributed by atoms with Crippen LogP contribution < -0.4 is 0 Å². The average Bonchev–Trinajstić information content (AvgIpc) is 2.17. The fraction of sp³-hybridized carbons (Fsp3) is 1.00.